The van der Waals surface area contributed by atoms with Crippen molar-refractivity contribution >= 4 is 21.6 Å². The van der Waals surface area contributed by atoms with Crippen molar-refractivity contribution in [1.82, 2.24) is 9.21 Å². The molecule has 0 bridgehead atoms. The molecule has 3 heterocycles. The number of rotatable bonds is 3. The van der Waals surface area contributed by atoms with Gasteiger partial charge in [0.1, 0.15) is 0 Å². The van der Waals surface area contributed by atoms with Gasteiger partial charge in [-0.3, -0.25) is 9.69 Å². The van der Waals surface area contributed by atoms with Crippen molar-refractivity contribution in [2.24, 2.45) is 0 Å². The first-order chi connectivity index (χ1) is 12.9. The molecule has 27 heavy (non-hydrogen) atoms. The molecule has 0 radical (unpaired) electrons. The van der Waals surface area contributed by atoms with Crippen molar-refractivity contribution in [3.63, 3.8) is 0 Å². The Hall–Kier alpha value is -1.48. The summed E-state index contributed by atoms with van der Waals surface area (Å²) in [7, 11) is -3.51. The predicted octanol–water partition coefficient (Wildman–Crippen LogP) is 1.08. The number of sulfonamides is 1. The van der Waals surface area contributed by atoms with Gasteiger partial charge in [0.05, 0.1) is 11.5 Å². The van der Waals surface area contributed by atoms with Gasteiger partial charge in [-0.2, -0.15) is 4.31 Å². The third kappa shape index (κ3) is 3.40. The summed E-state index contributed by atoms with van der Waals surface area (Å²) in [5.74, 6) is -0.0103. The average Bonchev–Trinajstić information content (AvgIpc) is 3.28. The Labute approximate surface area is 160 Å². The lowest BCUT2D eigenvalue weighted by Crippen LogP contribution is -2.52. The summed E-state index contributed by atoms with van der Waals surface area (Å²) in [6, 6.07) is 5.65. The molecular formula is C19H27N3O4S. The molecule has 4 rings (SSSR count). The Bertz CT molecular complexity index is 827. The van der Waals surface area contributed by atoms with Gasteiger partial charge in [-0.25, -0.2) is 8.42 Å². The van der Waals surface area contributed by atoms with Crippen molar-refractivity contribution in [2.45, 2.75) is 43.7 Å². The van der Waals surface area contributed by atoms with Gasteiger partial charge < -0.3 is 9.64 Å². The third-order valence-corrected chi connectivity index (χ3v) is 7.83. The van der Waals surface area contributed by atoms with Crippen LogP contribution < -0.4 is 4.90 Å². The molecule has 7 nitrogen and oxygen atoms in total. The van der Waals surface area contributed by atoms with Crippen LogP contribution in [0.1, 0.15) is 25.8 Å². The van der Waals surface area contributed by atoms with E-state index in [4.69, 9.17) is 4.74 Å². The van der Waals surface area contributed by atoms with E-state index in [0.717, 1.165) is 44.0 Å². The van der Waals surface area contributed by atoms with E-state index in [0.29, 0.717) is 30.4 Å². The number of ether oxygens (including phenoxy) is 1. The highest BCUT2D eigenvalue weighted by Crippen LogP contribution is 2.34. The second-order valence-electron chi connectivity index (χ2n) is 7.69. The largest absolute Gasteiger partial charge is 0.380 e. The summed E-state index contributed by atoms with van der Waals surface area (Å²) in [5, 5.41) is 0. The van der Waals surface area contributed by atoms with Crippen LogP contribution in [0, 0.1) is 0 Å². The van der Waals surface area contributed by atoms with Crippen LogP contribution >= 0.6 is 0 Å². The maximum absolute atomic E-state index is 13.1. The number of fused-ring (bicyclic) bond motifs is 1. The van der Waals surface area contributed by atoms with Crippen LogP contribution in [-0.4, -0.2) is 75.0 Å². The van der Waals surface area contributed by atoms with Gasteiger partial charge >= 0.3 is 0 Å². The molecule has 1 aromatic rings. The maximum atomic E-state index is 13.1. The zero-order valence-electron chi connectivity index (χ0n) is 15.9. The van der Waals surface area contributed by atoms with E-state index in [9.17, 15) is 13.2 Å². The van der Waals surface area contributed by atoms with Crippen LogP contribution in [0.3, 0.4) is 0 Å². The number of nitrogens with zero attached hydrogens (tertiary/aromatic N) is 3. The molecule has 0 unspecified atom stereocenters. The Morgan fingerprint density at radius 1 is 1.19 bits per heavy atom. The molecule has 2 saturated heterocycles. The van der Waals surface area contributed by atoms with Crippen LogP contribution in [0.5, 0.6) is 0 Å². The summed E-state index contributed by atoms with van der Waals surface area (Å²) in [5.41, 5.74) is 1.76. The highest BCUT2D eigenvalue weighted by Gasteiger charge is 2.34. The predicted molar refractivity (Wildman–Crippen MR) is 102 cm³/mol. The Morgan fingerprint density at radius 2 is 1.93 bits per heavy atom. The maximum Gasteiger partial charge on any atom is 0.243 e. The number of hydrogen-bond donors (Lipinski definition) is 0. The van der Waals surface area contributed by atoms with Crippen molar-refractivity contribution in [1.29, 1.82) is 0 Å². The molecule has 2 fully saturated rings. The monoisotopic (exact) mass is 393 g/mol. The first kappa shape index (κ1) is 18.9. The summed E-state index contributed by atoms with van der Waals surface area (Å²) in [4.78, 5) is 16.3. The fourth-order valence-corrected chi connectivity index (χ4v) is 5.99. The molecule has 3 aliphatic rings. The molecule has 2 atom stereocenters. The number of carbonyl (C=O) groups excluding carboxylic acids is 1. The lowest BCUT2D eigenvalue weighted by atomic mass is 10.1. The number of amides is 1. The third-order valence-electron chi connectivity index (χ3n) is 5.94. The SMILES string of the molecule is CC(=O)N1c2ccc(S(=O)(=O)N3CCN([C@@H]4CCOC4)CC3)cc2C[C@@H]1C. The van der Waals surface area contributed by atoms with Gasteiger partial charge in [-0.1, -0.05) is 0 Å². The Morgan fingerprint density at radius 3 is 2.56 bits per heavy atom. The van der Waals surface area contributed by atoms with E-state index < -0.39 is 10.0 Å². The van der Waals surface area contributed by atoms with Crippen molar-refractivity contribution < 1.29 is 17.9 Å². The molecular weight excluding hydrogens is 366 g/mol. The van der Waals surface area contributed by atoms with Crippen LogP contribution in [0.15, 0.2) is 23.1 Å². The quantitative estimate of drug-likeness (QED) is 0.769. The van der Waals surface area contributed by atoms with Gasteiger partial charge in [-0.05, 0) is 43.5 Å². The molecule has 0 saturated carbocycles. The lowest BCUT2D eigenvalue weighted by Gasteiger charge is -2.36. The topological polar surface area (TPSA) is 70.2 Å². The molecule has 0 N–H and O–H groups in total. The molecule has 3 aliphatic heterocycles. The van der Waals surface area contributed by atoms with E-state index in [1.54, 1.807) is 34.3 Å². The molecule has 1 aromatic carbocycles. The van der Waals surface area contributed by atoms with Crippen LogP contribution in [0.4, 0.5) is 5.69 Å². The summed E-state index contributed by atoms with van der Waals surface area (Å²) >= 11 is 0. The first-order valence-corrected chi connectivity index (χ1v) is 11.1. The van der Waals surface area contributed by atoms with Crippen molar-refractivity contribution in [2.75, 3.05) is 44.3 Å². The van der Waals surface area contributed by atoms with Crippen LogP contribution in [0.25, 0.3) is 0 Å². The van der Waals surface area contributed by atoms with E-state index in [-0.39, 0.29) is 11.9 Å². The summed E-state index contributed by atoms with van der Waals surface area (Å²) in [6.07, 6.45) is 1.72. The zero-order valence-corrected chi connectivity index (χ0v) is 16.7. The fraction of sp³-hybridized carbons (Fsp3) is 0.632. The van der Waals surface area contributed by atoms with E-state index in [1.807, 2.05) is 6.92 Å². The Kier molecular flexibility index (Phi) is 5.00. The number of benzene rings is 1. The minimum atomic E-state index is -3.51. The summed E-state index contributed by atoms with van der Waals surface area (Å²) < 4.78 is 33.3. The second-order valence-corrected chi connectivity index (χ2v) is 9.63. The van der Waals surface area contributed by atoms with Crippen LogP contribution in [0.2, 0.25) is 0 Å². The van der Waals surface area contributed by atoms with E-state index >= 15 is 0 Å². The number of carbonyl (C=O) groups is 1. The molecule has 8 heteroatoms. The van der Waals surface area contributed by atoms with Gasteiger partial charge in [-0.15, -0.1) is 0 Å². The summed E-state index contributed by atoms with van der Waals surface area (Å²) in [6.45, 7) is 7.58. The molecule has 148 valence electrons. The first-order valence-electron chi connectivity index (χ1n) is 9.62. The lowest BCUT2D eigenvalue weighted by molar-refractivity contribution is -0.116. The number of piperazine rings is 1. The number of anilines is 1. The standard InChI is InChI=1S/C19H27N3O4S/c1-14-11-16-12-18(3-4-19(16)22(14)15(2)23)27(24,25)21-8-6-20(7-9-21)17-5-10-26-13-17/h3-4,12,14,17H,5-11,13H2,1-2H3/t14-,17+/m0/s1. The van der Waals surface area contributed by atoms with Gasteiger partial charge in [0.25, 0.3) is 0 Å². The average molecular weight is 394 g/mol. The van der Waals surface area contributed by atoms with Crippen molar-refractivity contribution in [3.05, 3.63) is 23.8 Å². The molecule has 0 spiro atoms. The highest BCUT2D eigenvalue weighted by atomic mass is 32.2. The van der Waals surface area contributed by atoms with Gasteiger partial charge in [0, 0.05) is 57.5 Å². The zero-order chi connectivity index (χ0) is 19.2. The molecule has 0 aromatic heterocycles. The smallest absolute Gasteiger partial charge is 0.243 e. The minimum Gasteiger partial charge on any atom is -0.380 e. The van der Waals surface area contributed by atoms with Gasteiger partial charge in [0.2, 0.25) is 15.9 Å². The fourth-order valence-electron chi connectivity index (χ4n) is 4.52. The minimum absolute atomic E-state index is 0.0103. The number of hydrogen-bond acceptors (Lipinski definition) is 5. The van der Waals surface area contributed by atoms with Gasteiger partial charge in [0.15, 0.2) is 0 Å². The highest BCUT2D eigenvalue weighted by molar-refractivity contribution is 7.89. The molecule has 0 aliphatic carbocycles. The van der Waals surface area contributed by atoms with E-state index in [2.05, 4.69) is 4.90 Å². The molecule has 1 amide bonds. The van der Waals surface area contributed by atoms with Crippen LogP contribution in [-0.2, 0) is 26.0 Å². The second kappa shape index (κ2) is 7.16. The van der Waals surface area contributed by atoms with E-state index in [1.165, 1.54) is 0 Å². The Balaban J connectivity index is 1.50. The van der Waals surface area contributed by atoms with Crippen molar-refractivity contribution in [3.8, 4) is 0 Å². The normalized spacial score (nSPS) is 27.1.